The van der Waals surface area contributed by atoms with Gasteiger partial charge >= 0.3 is 0 Å². The van der Waals surface area contributed by atoms with E-state index in [1.54, 1.807) is 6.20 Å². The predicted octanol–water partition coefficient (Wildman–Crippen LogP) is 2.44. The minimum Gasteiger partial charge on any atom is -0.489 e. The SMILES string of the molecule is CCO[C@@H]1CNCC[C@H]1Oc1ccc(OC(C)C)cn1.Cl. The third-order valence-corrected chi connectivity index (χ3v) is 3.10. The largest absolute Gasteiger partial charge is 0.489 e. The van der Waals surface area contributed by atoms with E-state index in [0.29, 0.717) is 12.5 Å². The van der Waals surface area contributed by atoms with E-state index in [9.17, 15) is 0 Å². The number of hydrogen-bond donors (Lipinski definition) is 1. The molecule has 1 fully saturated rings. The molecule has 0 unspecified atom stereocenters. The van der Waals surface area contributed by atoms with Crippen LogP contribution in [0.2, 0.25) is 0 Å². The summed E-state index contributed by atoms with van der Waals surface area (Å²) in [5.41, 5.74) is 0. The number of nitrogens with zero attached hydrogens (tertiary/aromatic N) is 1. The second-order valence-corrected chi connectivity index (χ2v) is 5.14. The highest BCUT2D eigenvalue weighted by molar-refractivity contribution is 5.85. The average Bonchev–Trinajstić information content (AvgIpc) is 2.43. The van der Waals surface area contributed by atoms with Crippen LogP contribution in [0.25, 0.3) is 0 Å². The summed E-state index contributed by atoms with van der Waals surface area (Å²) < 4.78 is 17.2. The van der Waals surface area contributed by atoms with E-state index in [4.69, 9.17) is 14.2 Å². The highest BCUT2D eigenvalue weighted by Crippen LogP contribution is 2.19. The second-order valence-electron chi connectivity index (χ2n) is 5.14. The van der Waals surface area contributed by atoms with Crippen molar-refractivity contribution in [2.24, 2.45) is 0 Å². The van der Waals surface area contributed by atoms with Crippen LogP contribution in [-0.4, -0.2) is 43.0 Å². The monoisotopic (exact) mass is 316 g/mol. The number of hydrogen-bond acceptors (Lipinski definition) is 5. The minimum atomic E-state index is 0. The molecule has 1 aliphatic heterocycles. The van der Waals surface area contributed by atoms with Crippen molar-refractivity contribution in [3.05, 3.63) is 18.3 Å². The lowest BCUT2D eigenvalue weighted by Gasteiger charge is -2.31. The highest BCUT2D eigenvalue weighted by atomic mass is 35.5. The standard InChI is InChI=1S/C15H24N2O3.ClH/c1-4-18-14-10-16-8-7-13(14)20-15-6-5-12(9-17-15)19-11(2)3;/h5-6,9,11,13-14,16H,4,7-8,10H2,1-3H3;1H/t13-,14-;/m1./s1. The molecule has 1 aromatic heterocycles. The Morgan fingerprint density at radius 1 is 1.33 bits per heavy atom. The number of rotatable bonds is 6. The number of nitrogens with one attached hydrogen (secondary N) is 1. The number of piperidine rings is 1. The van der Waals surface area contributed by atoms with Crippen molar-refractivity contribution < 1.29 is 14.2 Å². The molecule has 0 aromatic carbocycles. The van der Waals surface area contributed by atoms with Gasteiger partial charge < -0.3 is 19.5 Å². The maximum absolute atomic E-state index is 5.95. The molecular formula is C15H25ClN2O3. The Hall–Kier alpha value is -1.04. The Bertz CT molecular complexity index is 398. The van der Waals surface area contributed by atoms with Gasteiger partial charge in [0.25, 0.3) is 0 Å². The van der Waals surface area contributed by atoms with E-state index in [1.165, 1.54) is 0 Å². The molecule has 1 saturated heterocycles. The van der Waals surface area contributed by atoms with Crippen LogP contribution < -0.4 is 14.8 Å². The smallest absolute Gasteiger partial charge is 0.213 e. The molecule has 1 N–H and O–H groups in total. The Morgan fingerprint density at radius 3 is 2.76 bits per heavy atom. The molecule has 21 heavy (non-hydrogen) atoms. The predicted molar refractivity (Wildman–Crippen MR) is 84.6 cm³/mol. The van der Waals surface area contributed by atoms with Gasteiger partial charge in [0.05, 0.1) is 12.3 Å². The molecule has 120 valence electrons. The summed E-state index contributed by atoms with van der Waals surface area (Å²) in [6.07, 6.45) is 2.92. The lowest BCUT2D eigenvalue weighted by atomic mass is 10.1. The summed E-state index contributed by atoms with van der Waals surface area (Å²) in [4.78, 5) is 4.30. The van der Waals surface area contributed by atoms with Gasteiger partial charge in [-0.05, 0) is 39.8 Å². The average molecular weight is 317 g/mol. The topological polar surface area (TPSA) is 52.6 Å². The summed E-state index contributed by atoms with van der Waals surface area (Å²) in [6.45, 7) is 8.46. The fourth-order valence-electron chi connectivity index (χ4n) is 2.25. The molecule has 2 rings (SSSR count). The maximum atomic E-state index is 5.95. The van der Waals surface area contributed by atoms with Gasteiger partial charge in [-0.3, -0.25) is 0 Å². The first-order valence-corrected chi connectivity index (χ1v) is 7.30. The van der Waals surface area contributed by atoms with Crippen LogP contribution in [0, 0.1) is 0 Å². The molecule has 6 heteroatoms. The molecule has 0 aliphatic carbocycles. The summed E-state index contributed by atoms with van der Waals surface area (Å²) in [6, 6.07) is 3.74. The molecule has 0 amide bonds. The molecule has 0 spiro atoms. The van der Waals surface area contributed by atoms with Crippen molar-refractivity contribution in [3.63, 3.8) is 0 Å². The van der Waals surface area contributed by atoms with Gasteiger partial charge in [0, 0.05) is 19.2 Å². The summed E-state index contributed by atoms with van der Waals surface area (Å²) in [7, 11) is 0. The molecule has 1 aliphatic rings. The zero-order valence-electron chi connectivity index (χ0n) is 12.9. The van der Waals surface area contributed by atoms with Crippen LogP contribution in [0.3, 0.4) is 0 Å². The normalized spacial score (nSPS) is 21.7. The number of halogens is 1. The van der Waals surface area contributed by atoms with E-state index < -0.39 is 0 Å². The number of aromatic nitrogens is 1. The van der Waals surface area contributed by atoms with Gasteiger partial charge in [0.1, 0.15) is 18.0 Å². The Morgan fingerprint density at radius 2 is 2.14 bits per heavy atom. The van der Waals surface area contributed by atoms with Gasteiger partial charge in [0.2, 0.25) is 5.88 Å². The molecule has 1 aromatic rings. The molecule has 5 nitrogen and oxygen atoms in total. The van der Waals surface area contributed by atoms with Gasteiger partial charge in [-0.2, -0.15) is 0 Å². The van der Waals surface area contributed by atoms with E-state index in [-0.39, 0.29) is 30.7 Å². The van der Waals surface area contributed by atoms with Crippen molar-refractivity contribution in [1.29, 1.82) is 0 Å². The van der Waals surface area contributed by atoms with Gasteiger partial charge in [-0.25, -0.2) is 4.98 Å². The van der Waals surface area contributed by atoms with Crippen molar-refractivity contribution in [2.75, 3.05) is 19.7 Å². The first-order valence-electron chi connectivity index (χ1n) is 7.30. The Kier molecular flexibility index (Phi) is 7.78. The summed E-state index contributed by atoms with van der Waals surface area (Å²) >= 11 is 0. The molecular weight excluding hydrogens is 292 g/mol. The van der Waals surface area contributed by atoms with Crippen LogP contribution >= 0.6 is 12.4 Å². The van der Waals surface area contributed by atoms with E-state index in [0.717, 1.165) is 25.3 Å². The highest BCUT2D eigenvalue weighted by Gasteiger charge is 2.27. The van der Waals surface area contributed by atoms with Crippen molar-refractivity contribution in [1.82, 2.24) is 10.3 Å². The summed E-state index contributed by atoms with van der Waals surface area (Å²) in [5, 5.41) is 3.32. The fourth-order valence-corrected chi connectivity index (χ4v) is 2.25. The second kappa shape index (κ2) is 9.07. The van der Waals surface area contributed by atoms with Crippen molar-refractivity contribution >= 4 is 12.4 Å². The van der Waals surface area contributed by atoms with Gasteiger partial charge in [-0.1, -0.05) is 0 Å². The zero-order valence-corrected chi connectivity index (χ0v) is 13.7. The van der Waals surface area contributed by atoms with E-state index in [1.807, 2.05) is 32.9 Å². The Labute approximate surface area is 132 Å². The first kappa shape index (κ1) is 18.0. The summed E-state index contributed by atoms with van der Waals surface area (Å²) in [5.74, 6) is 1.39. The minimum absolute atomic E-state index is 0. The zero-order chi connectivity index (χ0) is 14.4. The first-order chi connectivity index (χ1) is 9.69. The lowest BCUT2D eigenvalue weighted by molar-refractivity contribution is -0.0359. The van der Waals surface area contributed by atoms with Crippen molar-refractivity contribution in [2.45, 2.75) is 45.5 Å². The van der Waals surface area contributed by atoms with Crippen LogP contribution in [0.1, 0.15) is 27.2 Å². The van der Waals surface area contributed by atoms with E-state index >= 15 is 0 Å². The molecule has 0 radical (unpaired) electrons. The molecule has 2 atom stereocenters. The molecule has 2 heterocycles. The van der Waals surface area contributed by atoms with Gasteiger partial charge in [0.15, 0.2) is 0 Å². The van der Waals surface area contributed by atoms with E-state index in [2.05, 4.69) is 10.3 Å². The molecule has 0 bridgehead atoms. The Balaban J connectivity index is 0.00000220. The fraction of sp³-hybridized carbons (Fsp3) is 0.667. The van der Waals surface area contributed by atoms with Crippen molar-refractivity contribution in [3.8, 4) is 11.6 Å². The third-order valence-electron chi connectivity index (χ3n) is 3.10. The number of pyridine rings is 1. The van der Waals surface area contributed by atoms with Crippen LogP contribution in [0.4, 0.5) is 0 Å². The molecule has 0 saturated carbocycles. The maximum Gasteiger partial charge on any atom is 0.213 e. The van der Waals surface area contributed by atoms with Crippen LogP contribution in [-0.2, 0) is 4.74 Å². The van der Waals surface area contributed by atoms with Crippen LogP contribution in [0.5, 0.6) is 11.6 Å². The van der Waals surface area contributed by atoms with Crippen LogP contribution in [0.15, 0.2) is 18.3 Å². The number of ether oxygens (including phenoxy) is 3. The van der Waals surface area contributed by atoms with Gasteiger partial charge in [-0.15, -0.1) is 12.4 Å². The third kappa shape index (κ3) is 5.69. The lowest BCUT2D eigenvalue weighted by Crippen LogP contribution is -2.48. The quantitative estimate of drug-likeness (QED) is 0.873.